The maximum absolute atomic E-state index is 6.01. The zero-order valence-electron chi connectivity index (χ0n) is 12.3. The van der Waals surface area contributed by atoms with Gasteiger partial charge in [0.2, 0.25) is 0 Å². The van der Waals surface area contributed by atoms with E-state index in [9.17, 15) is 0 Å². The number of hydrogen-bond acceptors (Lipinski definition) is 2. The van der Waals surface area contributed by atoms with E-state index in [1.807, 2.05) is 0 Å². The maximum Gasteiger partial charge on any atom is 0.0138 e. The molecule has 102 valence electrons. The Morgan fingerprint density at radius 1 is 1.06 bits per heavy atom. The highest BCUT2D eigenvalue weighted by Crippen LogP contribution is 2.28. The Kier molecular flexibility index (Phi) is 6.50. The third kappa shape index (κ3) is 4.59. The monoisotopic (exact) mass is 240 g/mol. The normalized spacial score (nSPS) is 26.8. The number of hydrogen-bond donors (Lipinski definition) is 1. The quantitative estimate of drug-likeness (QED) is 0.747. The molecular weight excluding hydrogens is 208 g/mol. The Hall–Kier alpha value is -0.0800. The first-order valence-electron chi connectivity index (χ1n) is 7.52. The van der Waals surface area contributed by atoms with Gasteiger partial charge in [-0.1, -0.05) is 33.1 Å². The summed E-state index contributed by atoms with van der Waals surface area (Å²) in [6.07, 6.45) is 6.87. The second-order valence-corrected chi connectivity index (χ2v) is 6.39. The lowest BCUT2D eigenvalue weighted by atomic mass is 9.91. The first kappa shape index (κ1) is 15.0. The molecule has 0 saturated heterocycles. The second-order valence-electron chi connectivity index (χ2n) is 6.39. The highest BCUT2D eigenvalue weighted by atomic mass is 15.2. The van der Waals surface area contributed by atoms with Crippen LogP contribution in [0.25, 0.3) is 0 Å². The smallest absolute Gasteiger partial charge is 0.0138 e. The van der Waals surface area contributed by atoms with Crippen molar-refractivity contribution < 1.29 is 0 Å². The van der Waals surface area contributed by atoms with E-state index < -0.39 is 0 Å². The van der Waals surface area contributed by atoms with Crippen molar-refractivity contribution in [2.24, 2.45) is 17.6 Å². The van der Waals surface area contributed by atoms with Gasteiger partial charge in [0.25, 0.3) is 0 Å². The molecule has 0 bridgehead atoms. The lowest BCUT2D eigenvalue weighted by Gasteiger charge is -2.39. The summed E-state index contributed by atoms with van der Waals surface area (Å²) in [6, 6.07) is 1.37. The van der Waals surface area contributed by atoms with Gasteiger partial charge in [-0.2, -0.15) is 0 Å². The van der Waals surface area contributed by atoms with E-state index in [0.29, 0.717) is 6.04 Å². The summed E-state index contributed by atoms with van der Waals surface area (Å²) in [5.74, 6) is 1.47. The van der Waals surface area contributed by atoms with Crippen LogP contribution < -0.4 is 5.73 Å². The number of nitrogens with two attached hydrogens (primary N) is 1. The summed E-state index contributed by atoms with van der Waals surface area (Å²) in [5.41, 5.74) is 6.01. The molecule has 2 unspecified atom stereocenters. The Labute approximate surface area is 108 Å². The summed E-state index contributed by atoms with van der Waals surface area (Å²) < 4.78 is 0. The summed E-state index contributed by atoms with van der Waals surface area (Å²) in [4.78, 5) is 2.72. The van der Waals surface area contributed by atoms with Gasteiger partial charge in [0.05, 0.1) is 0 Å². The Balaban J connectivity index is 2.73. The zero-order valence-corrected chi connectivity index (χ0v) is 12.3. The fourth-order valence-corrected chi connectivity index (χ4v) is 3.23. The predicted octanol–water partition coefficient (Wildman–Crippen LogP) is 3.26. The van der Waals surface area contributed by atoms with E-state index in [1.54, 1.807) is 0 Å². The van der Waals surface area contributed by atoms with Crippen LogP contribution in [-0.2, 0) is 0 Å². The fourth-order valence-electron chi connectivity index (χ4n) is 3.23. The molecule has 0 radical (unpaired) electrons. The molecule has 0 aromatic rings. The van der Waals surface area contributed by atoms with Crippen LogP contribution in [0, 0.1) is 11.8 Å². The van der Waals surface area contributed by atoms with Gasteiger partial charge in [-0.15, -0.1) is 0 Å². The van der Waals surface area contributed by atoms with Crippen LogP contribution in [0.3, 0.4) is 0 Å². The molecule has 0 amide bonds. The van der Waals surface area contributed by atoms with Gasteiger partial charge in [-0.3, -0.25) is 4.90 Å². The van der Waals surface area contributed by atoms with Gasteiger partial charge in [-0.25, -0.2) is 0 Å². The fraction of sp³-hybridized carbons (Fsp3) is 1.00. The second kappa shape index (κ2) is 7.38. The molecule has 2 atom stereocenters. The van der Waals surface area contributed by atoms with Crippen LogP contribution in [0.1, 0.15) is 59.8 Å². The molecule has 17 heavy (non-hydrogen) atoms. The molecular formula is C15H32N2. The molecule has 2 N–H and O–H groups in total. The average molecular weight is 240 g/mol. The molecule has 2 heteroatoms. The maximum atomic E-state index is 6.01. The number of nitrogens with zero attached hydrogens (tertiary/aromatic N) is 1. The van der Waals surface area contributed by atoms with Gasteiger partial charge in [0.1, 0.15) is 0 Å². The summed E-state index contributed by atoms with van der Waals surface area (Å²) in [7, 11) is 0. The van der Waals surface area contributed by atoms with Crippen molar-refractivity contribution in [3.05, 3.63) is 0 Å². The van der Waals surface area contributed by atoms with Crippen molar-refractivity contribution in [2.45, 2.75) is 71.9 Å². The zero-order chi connectivity index (χ0) is 12.8. The summed E-state index contributed by atoms with van der Waals surface area (Å²) in [5, 5.41) is 0. The van der Waals surface area contributed by atoms with Gasteiger partial charge < -0.3 is 5.73 Å². The molecule has 1 saturated carbocycles. The standard InChI is InChI=1S/C15H32N2/c1-12(2)11-17(13(3)4)15-9-7-5-6-8-14(15)10-16/h12-15H,5-11,16H2,1-4H3. The Bertz CT molecular complexity index is 201. The van der Waals surface area contributed by atoms with Crippen molar-refractivity contribution in [3.8, 4) is 0 Å². The van der Waals surface area contributed by atoms with E-state index in [-0.39, 0.29) is 0 Å². The van der Waals surface area contributed by atoms with Crippen LogP contribution >= 0.6 is 0 Å². The van der Waals surface area contributed by atoms with E-state index in [0.717, 1.165) is 24.4 Å². The highest BCUT2D eigenvalue weighted by Gasteiger charge is 2.29. The van der Waals surface area contributed by atoms with Gasteiger partial charge in [0.15, 0.2) is 0 Å². The van der Waals surface area contributed by atoms with Crippen molar-refractivity contribution in [3.63, 3.8) is 0 Å². The molecule has 2 nitrogen and oxygen atoms in total. The summed E-state index contributed by atoms with van der Waals surface area (Å²) in [6.45, 7) is 11.4. The van der Waals surface area contributed by atoms with E-state index in [2.05, 4.69) is 32.6 Å². The van der Waals surface area contributed by atoms with Crippen LogP contribution in [0.4, 0.5) is 0 Å². The minimum atomic E-state index is 0.648. The third-order valence-electron chi connectivity index (χ3n) is 4.09. The Morgan fingerprint density at radius 2 is 1.71 bits per heavy atom. The molecule has 0 heterocycles. The van der Waals surface area contributed by atoms with Gasteiger partial charge in [0, 0.05) is 18.6 Å². The average Bonchev–Trinajstić information content (AvgIpc) is 2.49. The highest BCUT2D eigenvalue weighted by molar-refractivity contribution is 4.84. The topological polar surface area (TPSA) is 29.3 Å². The molecule has 0 aromatic heterocycles. The first-order chi connectivity index (χ1) is 8.06. The van der Waals surface area contributed by atoms with Gasteiger partial charge >= 0.3 is 0 Å². The van der Waals surface area contributed by atoms with Gasteiger partial charge in [-0.05, 0) is 45.1 Å². The molecule has 0 aromatic carbocycles. The van der Waals surface area contributed by atoms with Crippen LogP contribution in [0.2, 0.25) is 0 Å². The molecule has 1 rings (SSSR count). The van der Waals surface area contributed by atoms with E-state index in [4.69, 9.17) is 5.73 Å². The molecule has 0 spiro atoms. The SMILES string of the molecule is CC(C)CN(C(C)C)C1CCCCCC1CN. The molecule has 1 aliphatic carbocycles. The van der Waals surface area contributed by atoms with Crippen molar-refractivity contribution in [1.29, 1.82) is 0 Å². The minimum Gasteiger partial charge on any atom is -0.330 e. The third-order valence-corrected chi connectivity index (χ3v) is 4.09. The lowest BCUT2D eigenvalue weighted by Crippen LogP contribution is -2.47. The predicted molar refractivity (Wildman–Crippen MR) is 76.1 cm³/mol. The van der Waals surface area contributed by atoms with Crippen molar-refractivity contribution in [1.82, 2.24) is 4.90 Å². The molecule has 1 aliphatic rings. The van der Waals surface area contributed by atoms with E-state index >= 15 is 0 Å². The molecule has 1 fully saturated rings. The van der Waals surface area contributed by atoms with Crippen molar-refractivity contribution in [2.75, 3.05) is 13.1 Å². The minimum absolute atomic E-state index is 0.648. The largest absolute Gasteiger partial charge is 0.330 e. The number of rotatable bonds is 5. The Morgan fingerprint density at radius 3 is 2.24 bits per heavy atom. The first-order valence-corrected chi connectivity index (χ1v) is 7.52. The lowest BCUT2D eigenvalue weighted by molar-refractivity contribution is 0.0887. The van der Waals surface area contributed by atoms with Crippen molar-refractivity contribution >= 4 is 0 Å². The van der Waals surface area contributed by atoms with Crippen LogP contribution in [0.5, 0.6) is 0 Å². The summed E-state index contributed by atoms with van der Waals surface area (Å²) >= 11 is 0. The van der Waals surface area contributed by atoms with Crippen LogP contribution in [0.15, 0.2) is 0 Å². The van der Waals surface area contributed by atoms with Crippen LogP contribution in [-0.4, -0.2) is 30.1 Å². The molecule has 0 aliphatic heterocycles. The van der Waals surface area contributed by atoms with E-state index in [1.165, 1.54) is 38.6 Å².